The van der Waals surface area contributed by atoms with Gasteiger partial charge in [-0.15, -0.1) is 11.3 Å². The molecule has 0 fully saturated rings. The normalized spacial score (nSPS) is 12.1. The van der Waals surface area contributed by atoms with Gasteiger partial charge in [0.15, 0.2) is 10.9 Å². The number of para-hydroxylation sites is 1. The number of anilines is 1. The van der Waals surface area contributed by atoms with Crippen LogP contribution in [0.2, 0.25) is 0 Å². The standard InChI is InChI=1S/C28H25N3O2S/c1-4-17(2)19-10-12-20(13-11-19)25-16-34-28(30-25)31-27(32)22-15-24(26-14-9-18(3)33-26)29-23-8-6-5-7-21(22)23/h5-17H,4H2,1-3H3,(H,30,31,32). The van der Waals surface area contributed by atoms with Gasteiger partial charge in [-0.3, -0.25) is 10.1 Å². The molecule has 1 N–H and O–H groups in total. The van der Waals surface area contributed by atoms with Crippen LogP contribution in [0.5, 0.6) is 0 Å². The fourth-order valence-electron chi connectivity index (χ4n) is 3.91. The molecule has 0 aliphatic heterocycles. The van der Waals surface area contributed by atoms with Gasteiger partial charge in [0.1, 0.15) is 11.5 Å². The van der Waals surface area contributed by atoms with Gasteiger partial charge in [-0.2, -0.15) is 0 Å². The van der Waals surface area contributed by atoms with Crippen molar-refractivity contribution in [2.24, 2.45) is 0 Å². The average Bonchev–Trinajstić information content (AvgIpc) is 3.52. The van der Waals surface area contributed by atoms with Crippen molar-refractivity contribution in [1.82, 2.24) is 9.97 Å². The van der Waals surface area contributed by atoms with E-state index in [9.17, 15) is 4.79 Å². The first-order valence-electron chi connectivity index (χ1n) is 11.4. The fourth-order valence-corrected chi connectivity index (χ4v) is 4.62. The number of amides is 1. The summed E-state index contributed by atoms with van der Waals surface area (Å²) in [6.45, 7) is 6.31. The zero-order chi connectivity index (χ0) is 23.7. The molecule has 0 spiro atoms. The quantitative estimate of drug-likeness (QED) is 0.278. The molecule has 5 rings (SSSR count). The Balaban J connectivity index is 1.43. The number of rotatable bonds is 6. The third-order valence-electron chi connectivity index (χ3n) is 6.07. The van der Waals surface area contributed by atoms with Crippen LogP contribution < -0.4 is 5.32 Å². The minimum absolute atomic E-state index is 0.226. The van der Waals surface area contributed by atoms with Gasteiger partial charge in [-0.05, 0) is 49.1 Å². The first-order chi connectivity index (χ1) is 16.5. The van der Waals surface area contributed by atoms with Crippen molar-refractivity contribution in [1.29, 1.82) is 0 Å². The van der Waals surface area contributed by atoms with E-state index in [1.807, 2.05) is 48.7 Å². The number of fused-ring (bicyclic) bond motifs is 1. The minimum atomic E-state index is -0.226. The summed E-state index contributed by atoms with van der Waals surface area (Å²) in [6, 6.07) is 21.6. The SMILES string of the molecule is CCC(C)c1ccc(-c2csc(NC(=O)c3cc(-c4ccc(C)o4)nc4ccccc34)n2)cc1. The van der Waals surface area contributed by atoms with Crippen molar-refractivity contribution in [3.8, 4) is 22.7 Å². The summed E-state index contributed by atoms with van der Waals surface area (Å²) in [7, 11) is 0. The average molecular weight is 468 g/mol. The second-order valence-electron chi connectivity index (χ2n) is 8.41. The number of carbonyl (C=O) groups excluding carboxylic acids is 1. The highest BCUT2D eigenvalue weighted by Gasteiger charge is 2.17. The number of aromatic nitrogens is 2. The summed E-state index contributed by atoms with van der Waals surface area (Å²) < 4.78 is 5.75. The molecule has 1 amide bonds. The van der Waals surface area contributed by atoms with Crippen LogP contribution in [0.15, 0.2) is 76.5 Å². The van der Waals surface area contributed by atoms with Crippen LogP contribution in [0.1, 0.15) is 47.9 Å². The maximum absolute atomic E-state index is 13.3. The van der Waals surface area contributed by atoms with Crippen molar-refractivity contribution in [3.05, 3.63) is 89.0 Å². The monoisotopic (exact) mass is 467 g/mol. The van der Waals surface area contributed by atoms with Gasteiger partial charge < -0.3 is 4.42 Å². The molecule has 5 nitrogen and oxygen atoms in total. The van der Waals surface area contributed by atoms with Crippen LogP contribution in [-0.2, 0) is 0 Å². The highest BCUT2D eigenvalue weighted by atomic mass is 32.1. The molecule has 2 aromatic carbocycles. The van der Waals surface area contributed by atoms with Gasteiger partial charge in [-0.1, -0.05) is 56.3 Å². The van der Waals surface area contributed by atoms with E-state index in [2.05, 4.69) is 48.4 Å². The number of furan rings is 1. The van der Waals surface area contributed by atoms with Crippen LogP contribution in [-0.4, -0.2) is 15.9 Å². The number of pyridine rings is 1. The number of hydrogen-bond donors (Lipinski definition) is 1. The maximum atomic E-state index is 13.3. The molecule has 6 heteroatoms. The van der Waals surface area contributed by atoms with E-state index in [1.54, 1.807) is 6.07 Å². The summed E-state index contributed by atoms with van der Waals surface area (Å²) in [4.78, 5) is 22.7. The van der Waals surface area contributed by atoms with Crippen LogP contribution in [0.4, 0.5) is 5.13 Å². The number of thiazole rings is 1. The Hall–Kier alpha value is -3.77. The van der Waals surface area contributed by atoms with Crippen LogP contribution in [0, 0.1) is 6.92 Å². The highest BCUT2D eigenvalue weighted by Crippen LogP contribution is 2.30. The number of nitrogens with one attached hydrogen (secondary N) is 1. The summed E-state index contributed by atoms with van der Waals surface area (Å²) in [5, 5.41) is 6.28. The van der Waals surface area contributed by atoms with Crippen LogP contribution >= 0.6 is 11.3 Å². The molecule has 0 saturated carbocycles. The van der Waals surface area contributed by atoms with Gasteiger partial charge >= 0.3 is 0 Å². The lowest BCUT2D eigenvalue weighted by Gasteiger charge is -2.09. The predicted octanol–water partition coefficient (Wildman–Crippen LogP) is 7.69. The second-order valence-corrected chi connectivity index (χ2v) is 9.26. The lowest BCUT2D eigenvalue weighted by atomic mass is 9.97. The van der Waals surface area contributed by atoms with Crippen molar-refractivity contribution < 1.29 is 9.21 Å². The number of nitrogens with zero attached hydrogens (tertiary/aromatic N) is 2. The first-order valence-corrected chi connectivity index (χ1v) is 12.2. The van der Waals surface area contributed by atoms with Crippen molar-refractivity contribution >= 4 is 33.3 Å². The topological polar surface area (TPSA) is 68.0 Å². The summed E-state index contributed by atoms with van der Waals surface area (Å²) in [5.41, 5.74) is 5.10. The van der Waals surface area contributed by atoms with Crippen molar-refractivity contribution in [2.45, 2.75) is 33.1 Å². The zero-order valence-electron chi connectivity index (χ0n) is 19.3. The summed E-state index contributed by atoms with van der Waals surface area (Å²) in [5.74, 6) is 1.73. The van der Waals surface area contributed by atoms with Crippen LogP contribution in [0.3, 0.4) is 0 Å². The largest absolute Gasteiger partial charge is 0.460 e. The highest BCUT2D eigenvalue weighted by molar-refractivity contribution is 7.14. The zero-order valence-corrected chi connectivity index (χ0v) is 20.1. The molecule has 0 saturated heterocycles. The third-order valence-corrected chi connectivity index (χ3v) is 6.82. The van der Waals surface area contributed by atoms with Crippen molar-refractivity contribution in [2.75, 3.05) is 5.32 Å². The molecule has 3 aromatic heterocycles. The Kier molecular flexibility index (Phi) is 5.99. The lowest BCUT2D eigenvalue weighted by Crippen LogP contribution is -2.13. The van der Waals surface area contributed by atoms with E-state index in [0.29, 0.717) is 28.1 Å². The Morgan fingerprint density at radius 1 is 1.03 bits per heavy atom. The van der Waals surface area contributed by atoms with Crippen molar-refractivity contribution in [3.63, 3.8) is 0 Å². The van der Waals surface area contributed by atoms with E-state index < -0.39 is 0 Å². The second kappa shape index (κ2) is 9.23. The lowest BCUT2D eigenvalue weighted by molar-refractivity contribution is 0.102. The van der Waals surface area contributed by atoms with E-state index in [1.165, 1.54) is 16.9 Å². The molecule has 1 unspecified atom stereocenters. The maximum Gasteiger partial charge on any atom is 0.258 e. The summed E-state index contributed by atoms with van der Waals surface area (Å²) in [6.07, 6.45) is 1.11. The van der Waals surface area contributed by atoms with Gasteiger partial charge in [0.25, 0.3) is 5.91 Å². The molecule has 0 radical (unpaired) electrons. The molecule has 0 bridgehead atoms. The Morgan fingerprint density at radius 3 is 2.56 bits per heavy atom. The predicted molar refractivity (Wildman–Crippen MR) is 138 cm³/mol. The molecule has 34 heavy (non-hydrogen) atoms. The molecular weight excluding hydrogens is 442 g/mol. The van der Waals surface area contributed by atoms with Gasteiger partial charge in [0.2, 0.25) is 0 Å². The molecule has 0 aliphatic carbocycles. The number of hydrogen-bond acceptors (Lipinski definition) is 5. The molecule has 5 aromatic rings. The van der Waals surface area contributed by atoms with E-state index in [-0.39, 0.29) is 5.91 Å². The Morgan fingerprint density at radius 2 is 1.82 bits per heavy atom. The molecule has 3 heterocycles. The molecule has 0 aliphatic rings. The van der Waals surface area contributed by atoms with Gasteiger partial charge in [0.05, 0.1) is 16.8 Å². The molecule has 1 atom stereocenters. The minimum Gasteiger partial charge on any atom is -0.460 e. The summed E-state index contributed by atoms with van der Waals surface area (Å²) >= 11 is 1.41. The third kappa shape index (κ3) is 4.37. The van der Waals surface area contributed by atoms with Crippen LogP contribution in [0.25, 0.3) is 33.6 Å². The first kappa shape index (κ1) is 22.0. The van der Waals surface area contributed by atoms with E-state index >= 15 is 0 Å². The number of carbonyl (C=O) groups is 1. The van der Waals surface area contributed by atoms with E-state index in [4.69, 9.17) is 9.40 Å². The van der Waals surface area contributed by atoms with E-state index in [0.717, 1.165) is 34.3 Å². The Labute approximate surface area is 202 Å². The molecule has 170 valence electrons. The van der Waals surface area contributed by atoms with Gasteiger partial charge in [0, 0.05) is 16.3 Å². The Bertz CT molecular complexity index is 1470. The number of aryl methyl sites for hydroxylation is 1. The molecular formula is C28H25N3O2S. The smallest absolute Gasteiger partial charge is 0.258 e. The van der Waals surface area contributed by atoms with Gasteiger partial charge in [-0.25, -0.2) is 9.97 Å². The fraction of sp³-hybridized carbons (Fsp3) is 0.179. The number of benzene rings is 2.